The number of hydrogen-bond donors (Lipinski definition) is 1. The number of phenolic OH excluding ortho intramolecular Hbond substituents is 1. The average Bonchev–Trinajstić information content (AvgIpc) is 2.71. The van der Waals surface area contributed by atoms with E-state index in [2.05, 4.69) is 14.8 Å². The van der Waals surface area contributed by atoms with Crippen molar-refractivity contribution in [2.75, 3.05) is 33.2 Å². The lowest BCUT2D eigenvalue weighted by Crippen LogP contribution is -2.46. The molecule has 0 unspecified atom stereocenters. The molecule has 1 fully saturated rings. The average molecular weight is 401 g/mol. The molecule has 152 valence electrons. The minimum atomic E-state index is -4.38. The van der Waals surface area contributed by atoms with E-state index in [1.807, 2.05) is 25.2 Å². The second kappa shape index (κ2) is 7.65. The van der Waals surface area contributed by atoms with Crippen LogP contribution in [0, 0.1) is 0 Å². The van der Waals surface area contributed by atoms with Crippen molar-refractivity contribution in [2.45, 2.75) is 12.2 Å². The fourth-order valence-electron chi connectivity index (χ4n) is 3.89. The normalized spacial score (nSPS) is 17.5. The van der Waals surface area contributed by atoms with Crippen molar-refractivity contribution in [3.05, 3.63) is 71.4 Å². The van der Waals surface area contributed by atoms with Crippen LogP contribution in [0.1, 0.15) is 22.7 Å². The van der Waals surface area contributed by atoms with Crippen LogP contribution in [0.2, 0.25) is 0 Å². The Morgan fingerprint density at radius 3 is 2.31 bits per heavy atom. The van der Waals surface area contributed by atoms with E-state index in [0.29, 0.717) is 16.6 Å². The number of halogens is 3. The number of alkyl halides is 3. The predicted molar refractivity (Wildman–Crippen MR) is 106 cm³/mol. The highest BCUT2D eigenvalue weighted by atomic mass is 19.4. The van der Waals surface area contributed by atoms with Gasteiger partial charge in [-0.05, 0) is 30.8 Å². The van der Waals surface area contributed by atoms with Crippen molar-refractivity contribution >= 4 is 10.9 Å². The lowest BCUT2D eigenvalue weighted by molar-refractivity contribution is -0.137. The summed E-state index contributed by atoms with van der Waals surface area (Å²) >= 11 is 0. The molecule has 1 aromatic heterocycles. The van der Waals surface area contributed by atoms with Gasteiger partial charge in [0.05, 0.1) is 11.6 Å². The fourth-order valence-corrected chi connectivity index (χ4v) is 3.89. The highest BCUT2D eigenvalue weighted by Crippen LogP contribution is 2.39. The van der Waals surface area contributed by atoms with Crippen LogP contribution in [0.5, 0.6) is 5.75 Å². The third kappa shape index (κ3) is 3.93. The summed E-state index contributed by atoms with van der Waals surface area (Å²) in [5.74, 6) is 0.0759. The molecule has 0 saturated carbocycles. The molecule has 0 spiro atoms. The van der Waals surface area contributed by atoms with Crippen molar-refractivity contribution in [1.82, 2.24) is 14.8 Å². The first-order valence-corrected chi connectivity index (χ1v) is 9.51. The van der Waals surface area contributed by atoms with Crippen LogP contribution in [0.25, 0.3) is 10.9 Å². The minimum absolute atomic E-state index is 0.0759. The van der Waals surface area contributed by atoms with E-state index in [1.54, 1.807) is 12.3 Å². The third-order valence-corrected chi connectivity index (χ3v) is 5.53. The summed E-state index contributed by atoms with van der Waals surface area (Å²) in [4.78, 5) is 8.71. The van der Waals surface area contributed by atoms with Crippen molar-refractivity contribution in [2.24, 2.45) is 0 Å². The number of rotatable bonds is 3. The molecule has 2 aromatic carbocycles. The van der Waals surface area contributed by atoms with Crippen molar-refractivity contribution in [3.63, 3.8) is 0 Å². The van der Waals surface area contributed by atoms with Crippen LogP contribution in [0.4, 0.5) is 13.2 Å². The zero-order valence-electron chi connectivity index (χ0n) is 16.0. The SMILES string of the molecule is CN1CCN([C@@H](c2ccc(C(F)(F)F)cc2)c2ccc3cccnc3c2O)CC1. The largest absolute Gasteiger partial charge is 0.505 e. The number of phenols is 1. The van der Waals surface area contributed by atoms with E-state index in [-0.39, 0.29) is 11.8 Å². The lowest BCUT2D eigenvalue weighted by Gasteiger charge is -2.38. The van der Waals surface area contributed by atoms with Crippen LogP contribution in [-0.2, 0) is 6.18 Å². The highest BCUT2D eigenvalue weighted by molar-refractivity contribution is 5.85. The van der Waals surface area contributed by atoms with Crippen LogP contribution in [-0.4, -0.2) is 53.1 Å². The third-order valence-electron chi connectivity index (χ3n) is 5.53. The molecule has 3 aromatic rings. The molecule has 0 bridgehead atoms. The maximum Gasteiger partial charge on any atom is 0.416 e. The first kappa shape index (κ1) is 19.7. The van der Waals surface area contributed by atoms with Gasteiger partial charge < -0.3 is 10.0 Å². The molecule has 0 aliphatic carbocycles. The van der Waals surface area contributed by atoms with Gasteiger partial charge in [-0.1, -0.05) is 30.3 Å². The maximum atomic E-state index is 13.0. The Balaban J connectivity index is 1.80. The Morgan fingerprint density at radius 1 is 0.966 bits per heavy atom. The van der Waals surface area contributed by atoms with E-state index >= 15 is 0 Å². The Kier molecular flexibility index (Phi) is 5.19. The van der Waals surface area contributed by atoms with E-state index in [4.69, 9.17) is 0 Å². The summed E-state index contributed by atoms with van der Waals surface area (Å²) in [6.45, 7) is 3.21. The molecule has 1 aliphatic rings. The van der Waals surface area contributed by atoms with Gasteiger partial charge in [-0.2, -0.15) is 13.2 Å². The summed E-state index contributed by atoms with van der Waals surface area (Å²) in [6, 6.07) is 12.3. The van der Waals surface area contributed by atoms with E-state index in [0.717, 1.165) is 43.7 Å². The number of fused-ring (bicyclic) bond motifs is 1. The number of nitrogens with zero attached hydrogens (tertiary/aromatic N) is 3. The van der Waals surface area contributed by atoms with Crippen LogP contribution < -0.4 is 0 Å². The second-order valence-electron chi connectivity index (χ2n) is 7.44. The molecule has 1 atom stereocenters. The Morgan fingerprint density at radius 2 is 1.66 bits per heavy atom. The van der Waals surface area contributed by atoms with Crippen molar-refractivity contribution < 1.29 is 18.3 Å². The van der Waals surface area contributed by atoms with E-state index in [9.17, 15) is 18.3 Å². The molecule has 4 nitrogen and oxygen atoms in total. The number of aromatic nitrogens is 1. The summed E-state index contributed by atoms with van der Waals surface area (Å²) < 4.78 is 39.0. The van der Waals surface area contributed by atoms with Gasteiger partial charge in [0.15, 0.2) is 0 Å². The van der Waals surface area contributed by atoms with Crippen molar-refractivity contribution in [3.8, 4) is 5.75 Å². The quantitative estimate of drug-likeness (QED) is 0.711. The topological polar surface area (TPSA) is 39.6 Å². The zero-order chi connectivity index (χ0) is 20.6. The first-order valence-electron chi connectivity index (χ1n) is 9.51. The highest BCUT2D eigenvalue weighted by Gasteiger charge is 2.32. The Bertz CT molecular complexity index is 996. The molecule has 0 radical (unpaired) electrons. The van der Waals surface area contributed by atoms with Crippen LogP contribution in [0.15, 0.2) is 54.7 Å². The van der Waals surface area contributed by atoms with Gasteiger partial charge in [0.1, 0.15) is 11.3 Å². The molecule has 4 rings (SSSR count). The molecule has 29 heavy (non-hydrogen) atoms. The molecule has 2 heterocycles. The van der Waals surface area contributed by atoms with Crippen molar-refractivity contribution in [1.29, 1.82) is 0 Å². The van der Waals surface area contributed by atoms with Gasteiger partial charge in [-0.15, -0.1) is 0 Å². The molecule has 1 N–H and O–H groups in total. The Hall–Kier alpha value is -2.64. The van der Waals surface area contributed by atoms with Gasteiger partial charge in [-0.3, -0.25) is 9.88 Å². The molecule has 7 heteroatoms. The van der Waals surface area contributed by atoms with Gasteiger partial charge in [0.2, 0.25) is 0 Å². The number of hydrogen-bond acceptors (Lipinski definition) is 4. The molecule has 1 saturated heterocycles. The van der Waals surface area contributed by atoms with Gasteiger partial charge in [0.25, 0.3) is 0 Å². The maximum absolute atomic E-state index is 13.0. The van der Waals surface area contributed by atoms with Crippen LogP contribution in [0.3, 0.4) is 0 Å². The van der Waals surface area contributed by atoms with E-state index in [1.165, 1.54) is 12.1 Å². The number of benzene rings is 2. The molecule has 0 amide bonds. The minimum Gasteiger partial charge on any atom is -0.505 e. The predicted octanol–water partition coefficient (Wildman–Crippen LogP) is 4.30. The lowest BCUT2D eigenvalue weighted by atomic mass is 9.93. The van der Waals surface area contributed by atoms with Crippen LogP contribution >= 0.6 is 0 Å². The number of likely N-dealkylation sites (N-methyl/N-ethyl adjacent to an activating group) is 1. The standard InChI is InChI=1S/C22H22F3N3O/c1-27-11-13-28(14-12-27)20(16-4-7-17(8-5-16)22(23,24)25)18-9-6-15-3-2-10-26-19(15)21(18)29/h2-10,20,29H,11-14H2,1H3/t20-/m0/s1. The molecular weight excluding hydrogens is 379 g/mol. The van der Waals surface area contributed by atoms with Gasteiger partial charge >= 0.3 is 6.18 Å². The molecule has 1 aliphatic heterocycles. The summed E-state index contributed by atoms with van der Waals surface area (Å²) in [5, 5.41) is 11.8. The number of pyridine rings is 1. The molecular formula is C22H22F3N3O. The summed E-state index contributed by atoms with van der Waals surface area (Å²) in [5.41, 5.74) is 1.19. The smallest absolute Gasteiger partial charge is 0.416 e. The van der Waals surface area contributed by atoms with Gasteiger partial charge in [-0.25, -0.2) is 0 Å². The summed E-state index contributed by atoms with van der Waals surface area (Å²) in [7, 11) is 2.04. The zero-order valence-corrected chi connectivity index (χ0v) is 16.0. The summed E-state index contributed by atoms with van der Waals surface area (Å²) in [6.07, 6.45) is -2.76. The van der Waals surface area contributed by atoms with Gasteiger partial charge in [0, 0.05) is 43.3 Å². The fraction of sp³-hybridized carbons (Fsp3) is 0.318. The van der Waals surface area contributed by atoms with E-state index < -0.39 is 11.7 Å². The monoisotopic (exact) mass is 401 g/mol. The first-order chi connectivity index (χ1) is 13.8. The number of aromatic hydroxyl groups is 1. The number of piperazine rings is 1. The Labute approximate surface area is 167 Å². The second-order valence-corrected chi connectivity index (χ2v) is 7.44.